The third-order valence-electron chi connectivity index (χ3n) is 4.47. The zero-order valence-corrected chi connectivity index (χ0v) is 13.0. The number of anilines is 2. The van der Waals surface area contributed by atoms with Gasteiger partial charge in [0.05, 0.1) is 24.0 Å². The predicted octanol–water partition coefficient (Wildman–Crippen LogP) is 3.83. The molecule has 0 amide bonds. The molecule has 2 rings (SSSR count). The maximum absolute atomic E-state index is 11.6. The van der Waals surface area contributed by atoms with Gasteiger partial charge < -0.3 is 15.8 Å². The molecule has 1 unspecified atom stereocenters. The molecule has 1 atom stereocenters. The van der Waals surface area contributed by atoms with E-state index in [4.69, 9.17) is 10.5 Å². The second kappa shape index (κ2) is 7.34. The third kappa shape index (κ3) is 3.90. The second-order valence-electron chi connectivity index (χ2n) is 5.85. The van der Waals surface area contributed by atoms with Crippen LogP contribution >= 0.6 is 0 Å². The normalized spacial score (nSPS) is 17.2. The molecule has 116 valence electrons. The monoisotopic (exact) mass is 290 g/mol. The Morgan fingerprint density at radius 1 is 1.38 bits per heavy atom. The molecule has 0 aliphatic heterocycles. The van der Waals surface area contributed by atoms with Gasteiger partial charge in [0.1, 0.15) is 0 Å². The molecule has 0 saturated heterocycles. The fourth-order valence-electron chi connectivity index (χ4n) is 3.22. The molecular formula is C17H26N2O2. The SMILES string of the molecule is CCC(Nc1cc(C(=O)OC)ccc1N)C1CCCCC1. The summed E-state index contributed by atoms with van der Waals surface area (Å²) in [5.41, 5.74) is 8.10. The predicted molar refractivity (Wildman–Crippen MR) is 86.5 cm³/mol. The van der Waals surface area contributed by atoms with Crippen LogP contribution in [0.1, 0.15) is 55.8 Å². The first kappa shape index (κ1) is 15.7. The number of methoxy groups -OCH3 is 1. The van der Waals surface area contributed by atoms with Crippen molar-refractivity contribution in [2.24, 2.45) is 5.92 Å². The summed E-state index contributed by atoms with van der Waals surface area (Å²) in [5.74, 6) is 0.369. The van der Waals surface area contributed by atoms with Crippen LogP contribution in [0.4, 0.5) is 11.4 Å². The van der Waals surface area contributed by atoms with Crippen molar-refractivity contribution < 1.29 is 9.53 Å². The molecule has 1 aromatic carbocycles. The number of ether oxygens (including phenoxy) is 1. The van der Waals surface area contributed by atoms with Crippen molar-refractivity contribution in [1.82, 2.24) is 0 Å². The van der Waals surface area contributed by atoms with Crippen molar-refractivity contribution in [2.45, 2.75) is 51.5 Å². The smallest absolute Gasteiger partial charge is 0.337 e. The quantitative estimate of drug-likeness (QED) is 0.639. The van der Waals surface area contributed by atoms with Crippen LogP contribution in [-0.4, -0.2) is 19.1 Å². The summed E-state index contributed by atoms with van der Waals surface area (Å²) in [6.07, 6.45) is 7.62. The van der Waals surface area contributed by atoms with Crippen LogP contribution in [0.3, 0.4) is 0 Å². The van der Waals surface area contributed by atoms with E-state index in [1.807, 2.05) is 0 Å². The molecule has 0 radical (unpaired) electrons. The second-order valence-corrected chi connectivity index (χ2v) is 5.85. The van der Waals surface area contributed by atoms with E-state index < -0.39 is 0 Å². The molecule has 1 fully saturated rings. The molecule has 1 aromatic rings. The minimum Gasteiger partial charge on any atom is -0.465 e. The first-order valence-corrected chi connectivity index (χ1v) is 7.90. The Morgan fingerprint density at radius 3 is 2.71 bits per heavy atom. The molecule has 21 heavy (non-hydrogen) atoms. The Morgan fingerprint density at radius 2 is 2.10 bits per heavy atom. The lowest BCUT2D eigenvalue weighted by molar-refractivity contribution is 0.0601. The highest BCUT2D eigenvalue weighted by Gasteiger charge is 2.23. The summed E-state index contributed by atoms with van der Waals surface area (Å²) in [6, 6.07) is 5.68. The fraction of sp³-hybridized carbons (Fsp3) is 0.588. The molecule has 1 saturated carbocycles. The minimum atomic E-state index is -0.330. The summed E-state index contributed by atoms with van der Waals surface area (Å²) in [4.78, 5) is 11.6. The van der Waals surface area contributed by atoms with Crippen molar-refractivity contribution in [3.63, 3.8) is 0 Å². The van der Waals surface area contributed by atoms with Crippen LogP contribution in [-0.2, 0) is 4.74 Å². The van der Waals surface area contributed by atoms with E-state index >= 15 is 0 Å². The largest absolute Gasteiger partial charge is 0.465 e. The molecular weight excluding hydrogens is 264 g/mol. The molecule has 0 aromatic heterocycles. The van der Waals surface area contributed by atoms with Gasteiger partial charge in [0.2, 0.25) is 0 Å². The Hall–Kier alpha value is -1.71. The van der Waals surface area contributed by atoms with Crippen molar-refractivity contribution in [3.05, 3.63) is 23.8 Å². The van der Waals surface area contributed by atoms with Gasteiger partial charge >= 0.3 is 5.97 Å². The molecule has 0 bridgehead atoms. The van der Waals surface area contributed by atoms with E-state index in [1.54, 1.807) is 18.2 Å². The maximum atomic E-state index is 11.6. The highest BCUT2D eigenvalue weighted by Crippen LogP contribution is 2.31. The van der Waals surface area contributed by atoms with Gasteiger partial charge in [-0.2, -0.15) is 0 Å². The summed E-state index contributed by atoms with van der Waals surface area (Å²) in [6.45, 7) is 2.20. The van der Waals surface area contributed by atoms with E-state index in [9.17, 15) is 4.79 Å². The van der Waals surface area contributed by atoms with E-state index in [1.165, 1.54) is 39.2 Å². The van der Waals surface area contributed by atoms with Gasteiger partial charge in [-0.1, -0.05) is 26.2 Å². The number of carbonyl (C=O) groups excluding carboxylic acids is 1. The standard InChI is InChI=1S/C17H26N2O2/c1-3-15(12-7-5-4-6-8-12)19-16-11-13(17(20)21-2)9-10-14(16)18/h9-12,15,19H,3-8,18H2,1-2H3. The van der Waals surface area contributed by atoms with Crippen LogP contribution < -0.4 is 11.1 Å². The van der Waals surface area contributed by atoms with Gasteiger partial charge in [-0.05, 0) is 43.4 Å². The van der Waals surface area contributed by atoms with Crippen molar-refractivity contribution in [3.8, 4) is 0 Å². The summed E-state index contributed by atoms with van der Waals surface area (Å²) < 4.78 is 4.77. The van der Waals surface area contributed by atoms with Gasteiger partial charge in [0, 0.05) is 6.04 Å². The molecule has 1 aliphatic carbocycles. The summed E-state index contributed by atoms with van der Waals surface area (Å²) >= 11 is 0. The van der Waals surface area contributed by atoms with Crippen molar-refractivity contribution >= 4 is 17.3 Å². The summed E-state index contributed by atoms with van der Waals surface area (Å²) in [7, 11) is 1.39. The average Bonchev–Trinajstić information content (AvgIpc) is 2.54. The van der Waals surface area contributed by atoms with Crippen LogP contribution in [0.25, 0.3) is 0 Å². The highest BCUT2D eigenvalue weighted by atomic mass is 16.5. The average molecular weight is 290 g/mol. The lowest BCUT2D eigenvalue weighted by Gasteiger charge is -2.31. The number of nitrogens with two attached hydrogens (primary N) is 1. The van der Waals surface area contributed by atoms with Crippen LogP contribution in [0, 0.1) is 5.92 Å². The summed E-state index contributed by atoms with van der Waals surface area (Å²) in [5, 5.41) is 3.55. The Bertz CT molecular complexity index is 482. The lowest BCUT2D eigenvalue weighted by atomic mass is 9.83. The zero-order chi connectivity index (χ0) is 15.2. The van der Waals surface area contributed by atoms with Gasteiger partial charge in [-0.3, -0.25) is 0 Å². The fourth-order valence-corrected chi connectivity index (χ4v) is 3.22. The maximum Gasteiger partial charge on any atom is 0.337 e. The van der Waals surface area contributed by atoms with Gasteiger partial charge in [-0.25, -0.2) is 4.79 Å². The van der Waals surface area contributed by atoms with Crippen molar-refractivity contribution in [2.75, 3.05) is 18.2 Å². The zero-order valence-electron chi connectivity index (χ0n) is 13.0. The van der Waals surface area contributed by atoms with Crippen molar-refractivity contribution in [1.29, 1.82) is 0 Å². The van der Waals surface area contributed by atoms with Crippen LogP contribution in [0.5, 0.6) is 0 Å². The topological polar surface area (TPSA) is 64.3 Å². The Balaban J connectivity index is 2.14. The molecule has 3 N–H and O–H groups in total. The molecule has 4 nitrogen and oxygen atoms in total. The van der Waals surface area contributed by atoms with E-state index in [-0.39, 0.29) is 5.97 Å². The van der Waals surface area contributed by atoms with Crippen LogP contribution in [0.15, 0.2) is 18.2 Å². The number of nitrogen functional groups attached to an aromatic ring is 1. The van der Waals surface area contributed by atoms with E-state index in [2.05, 4.69) is 12.2 Å². The molecule has 0 spiro atoms. The lowest BCUT2D eigenvalue weighted by Crippen LogP contribution is -2.30. The van der Waals surface area contributed by atoms with E-state index in [0.29, 0.717) is 23.2 Å². The minimum absolute atomic E-state index is 0.330. The van der Waals surface area contributed by atoms with E-state index in [0.717, 1.165) is 12.1 Å². The van der Waals surface area contributed by atoms with Gasteiger partial charge in [0.25, 0.3) is 0 Å². The Labute approximate surface area is 127 Å². The number of hydrogen-bond acceptors (Lipinski definition) is 4. The number of carbonyl (C=O) groups is 1. The van der Waals surface area contributed by atoms with Gasteiger partial charge in [0.15, 0.2) is 0 Å². The molecule has 1 aliphatic rings. The van der Waals surface area contributed by atoms with Gasteiger partial charge in [-0.15, -0.1) is 0 Å². The first-order valence-electron chi connectivity index (χ1n) is 7.90. The number of benzene rings is 1. The first-order chi connectivity index (χ1) is 10.2. The highest BCUT2D eigenvalue weighted by molar-refractivity contribution is 5.92. The van der Waals surface area contributed by atoms with Crippen LogP contribution in [0.2, 0.25) is 0 Å². The number of rotatable bonds is 5. The molecule has 0 heterocycles. The third-order valence-corrected chi connectivity index (χ3v) is 4.47. The number of nitrogens with one attached hydrogen (secondary N) is 1. The number of hydrogen-bond donors (Lipinski definition) is 2. The molecule has 4 heteroatoms. The number of esters is 1. The Kier molecular flexibility index (Phi) is 5.48.